The van der Waals surface area contributed by atoms with Gasteiger partial charge in [0.05, 0.1) is 6.61 Å². The summed E-state index contributed by atoms with van der Waals surface area (Å²) in [7, 11) is 0. The highest BCUT2D eigenvalue weighted by Gasteiger charge is 1.97. The van der Waals surface area contributed by atoms with Gasteiger partial charge in [-0.05, 0) is 12.8 Å². The molecule has 0 rings (SSSR count). The zero-order valence-corrected chi connectivity index (χ0v) is 6.53. The Morgan fingerprint density at radius 3 is 2.55 bits per heavy atom. The normalized spacial score (nSPS) is 12.5. The highest BCUT2D eigenvalue weighted by molar-refractivity contribution is 5.75. The van der Waals surface area contributed by atoms with Crippen molar-refractivity contribution in [2.24, 2.45) is 22.2 Å². The van der Waals surface area contributed by atoms with Crippen molar-refractivity contribution >= 4 is 5.96 Å². The summed E-state index contributed by atoms with van der Waals surface area (Å²) in [5, 5.41) is 8.53. The van der Waals surface area contributed by atoms with Crippen molar-refractivity contribution in [3.63, 3.8) is 0 Å². The third kappa shape index (κ3) is 7.08. The van der Waals surface area contributed by atoms with Gasteiger partial charge < -0.3 is 22.3 Å². The van der Waals surface area contributed by atoms with Crippen molar-refractivity contribution in [2.45, 2.75) is 18.9 Å². The lowest BCUT2D eigenvalue weighted by molar-refractivity contribution is 0.259. The van der Waals surface area contributed by atoms with Crippen molar-refractivity contribution in [1.82, 2.24) is 0 Å². The highest BCUT2D eigenvalue weighted by Crippen LogP contribution is 1.93. The smallest absolute Gasteiger partial charge is 0.185 e. The fourth-order valence-electron chi connectivity index (χ4n) is 0.653. The third-order valence-electron chi connectivity index (χ3n) is 1.26. The molecule has 5 heteroatoms. The monoisotopic (exact) mass is 160 g/mol. The topological polar surface area (TPSA) is 111 Å². The maximum absolute atomic E-state index is 8.53. The molecule has 0 heterocycles. The lowest BCUT2D eigenvalue weighted by Crippen LogP contribution is -2.25. The van der Waals surface area contributed by atoms with Crippen LogP contribution in [0.25, 0.3) is 0 Å². The van der Waals surface area contributed by atoms with Gasteiger partial charge in [0.2, 0.25) is 0 Å². The average Bonchev–Trinajstić information content (AvgIpc) is 1.97. The quantitative estimate of drug-likeness (QED) is 0.219. The van der Waals surface area contributed by atoms with Crippen LogP contribution in [0.15, 0.2) is 4.99 Å². The molecular formula is C6H16N4O. The molecule has 0 aromatic rings. The number of hydrogen-bond donors (Lipinski definition) is 4. The summed E-state index contributed by atoms with van der Waals surface area (Å²) >= 11 is 0. The van der Waals surface area contributed by atoms with Crippen LogP contribution in [0.3, 0.4) is 0 Å². The van der Waals surface area contributed by atoms with Crippen LogP contribution >= 0.6 is 0 Å². The Morgan fingerprint density at radius 2 is 2.09 bits per heavy atom. The van der Waals surface area contributed by atoms with Gasteiger partial charge in [-0.1, -0.05) is 0 Å². The zero-order valence-electron chi connectivity index (χ0n) is 6.53. The summed E-state index contributed by atoms with van der Waals surface area (Å²) in [6, 6.07) is -0.149. The molecule has 0 aliphatic heterocycles. The van der Waals surface area contributed by atoms with E-state index in [1.807, 2.05) is 0 Å². The molecular weight excluding hydrogens is 144 g/mol. The summed E-state index contributed by atoms with van der Waals surface area (Å²) in [5.74, 6) is 0.0996. The van der Waals surface area contributed by atoms with E-state index in [2.05, 4.69) is 4.99 Å². The Balaban J connectivity index is 3.21. The number of nitrogens with two attached hydrogens (primary N) is 3. The van der Waals surface area contributed by atoms with Crippen molar-refractivity contribution in [3.8, 4) is 0 Å². The van der Waals surface area contributed by atoms with Crippen LogP contribution in [0.5, 0.6) is 0 Å². The summed E-state index contributed by atoms with van der Waals surface area (Å²) in [6.07, 6.45) is 1.55. The summed E-state index contributed by atoms with van der Waals surface area (Å²) in [6.45, 7) is 0.595. The van der Waals surface area contributed by atoms with Crippen LogP contribution in [0.4, 0.5) is 0 Å². The first kappa shape index (κ1) is 10.2. The summed E-state index contributed by atoms with van der Waals surface area (Å²) < 4.78 is 0. The Kier molecular flexibility index (Phi) is 5.50. The van der Waals surface area contributed by atoms with Gasteiger partial charge in [0.25, 0.3) is 0 Å². The first-order valence-electron chi connectivity index (χ1n) is 3.58. The van der Waals surface area contributed by atoms with Crippen LogP contribution in [0, 0.1) is 0 Å². The second-order valence-corrected chi connectivity index (χ2v) is 2.39. The second-order valence-electron chi connectivity index (χ2n) is 2.39. The van der Waals surface area contributed by atoms with Gasteiger partial charge in [-0.25, -0.2) is 0 Å². The molecule has 1 atom stereocenters. The Bertz CT molecular complexity index is 122. The Hall–Kier alpha value is -0.810. The van der Waals surface area contributed by atoms with E-state index in [9.17, 15) is 0 Å². The molecule has 0 bridgehead atoms. The van der Waals surface area contributed by atoms with E-state index in [-0.39, 0.29) is 18.6 Å². The van der Waals surface area contributed by atoms with Gasteiger partial charge in [0.1, 0.15) is 0 Å². The third-order valence-corrected chi connectivity index (χ3v) is 1.26. The van der Waals surface area contributed by atoms with E-state index in [4.69, 9.17) is 22.3 Å². The van der Waals surface area contributed by atoms with Gasteiger partial charge in [0.15, 0.2) is 5.96 Å². The molecule has 0 aliphatic rings. The highest BCUT2D eigenvalue weighted by atomic mass is 16.3. The summed E-state index contributed by atoms with van der Waals surface area (Å²) in [5.41, 5.74) is 15.6. The maximum Gasteiger partial charge on any atom is 0.185 e. The van der Waals surface area contributed by atoms with Crippen LogP contribution in [-0.4, -0.2) is 30.3 Å². The Labute approximate surface area is 66.3 Å². The molecule has 7 N–H and O–H groups in total. The predicted octanol–water partition coefficient (Wildman–Crippen LogP) is -1.64. The van der Waals surface area contributed by atoms with Gasteiger partial charge in [-0.3, -0.25) is 4.99 Å². The van der Waals surface area contributed by atoms with E-state index >= 15 is 0 Å². The standard InChI is InChI=1S/C6H16N4O/c7-5(4-11)2-1-3-10-6(8)9/h5,11H,1-4,7H2,(H4,8,9,10). The fraction of sp³-hybridized carbons (Fsp3) is 0.833. The zero-order chi connectivity index (χ0) is 8.69. The lowest BCUT2D eigenvalue weighted by atomic mass is 10.2. The second kappa shape index (κ2) is 5.94. The van der Waals surface area contributed by atoms with E-state index in [0.29, 0.717) is 6.54 Å². The molecule has 0 fully saturated rings. The Morgan fingerprint density at radius 1 is 1.45 bits per heavy atom. The molecule has 0 aromatic heterocycles. The molecule has 66 valence electrons. The van der Waals surface area contributed by atoms with E-state index in [1.165, 1.54) is 0 Å². The van der Waals surface area contributed by atoms with Crippen LogP contribution in [-0.2, 0) is 0 Å². The number of guanidine groups is 1. The number of nitrogens with zero attached hydrogens (tertiary/aromatic N) is 1. The van der Waals surface area contributed by atoms with E-state index < -0.39 is 0 Å². The summed E-state index contributed by atoms with van der Waals surface area (Å²) in [4.78, 5) is 3.77. The van der Waals surface area contributed by atoms with Crippen LogP contribution in [0.2, 0.25) is 0 Å². The largest absolute Gasteiger partial charge is 0.395 e. The number of aliphatic hydroxyl groups excluding tert-OH is 1. The van der Waals surface area contributed by atoms with E-state index in [1.54, 1.807) is 0 Å². The molecule has 11 heavy (non-hydrogen) atoms. The molecule has 0 aromatic carbocycles. The molecule has 0 spiro atoms. The first-order valence-corrected chi connectivity index (χ1v) is 3.58. The minimum Gasteiger partial charge on any atom is -0.395 e. The maximum atomic E-state index is 8.53. The molecule has 1 unspecified atom stereocenters. The van der Waals surface area contributed by atoms with Crippen LogP contribution in [0.1, 0.15) is 12.8 Å². The van der Waals surface area contributed by atoms with Crippen molar-refractivity contribution in [1.29, 1.82) is 0 Å². The number of aliphatic imine (C=N–C) groups is 1. The van der Waals surface area contributed by atoms with E-state index in [0.717, 1.165) is 12.8 Å². The number of hydrogen-bond acceptors (Lipinski definition) is 3. The van der Waals surface area contributed by atoms with Gasteiger partial charge >= 0.3 is 0 Å². The van der Waals surface area contributed by atoms with Crippen molar-refractivity contribution in [3.05, 3.63) is 0 Å². The van der Waals surface area contributed by atoms with Gasteiger partial charge in [-0.2, -0.15) is 0 Å². The average molecular weight is 160 g/mol. The molecule has 0 saturated carbocycles. The minimum atomic E-state index is -0.149. The SMILES string of the molecule is NC(N)=NCCCC(N)CO. The van der Waals surface area contributed by atoms with Crippen LogP contribution < -0.4 is 17.2 Å². The fourth-order valence-corrected chi connectivity index (χ4v) is 0.653. The molecule has 0 amide bonds. The first-order chi connectivity index (χ1) is 5.16. The van der Waals surface area contributed by atoms with Crippen molar-refractivity contribution < 1.29 is 5.11 Å². The predicted molar refractivity (Wildman–Crippen MR) is 45.0 cm³/mol. The van der Waals surface area contributed by atoms with Gasteiger partial charge in [0, 0.05) is 12.6 Å². The number of aliphatic hydroxyl groups is 1. The molecule has 5 nitrogen and oxygen atoms in total. The molecule has 0 aliphatic carbocycles. The minimum absolute atomic E-state index is 0.0157. The van der Waals surface area contributed by atoms with Crippen molar-refractivity contribution in [2.75, 3.05) is 13.2 Å². The lowest BCUT2D eigenvalue weighted by Gasteiger charge is -2.04. The van der Waals surface area contributed by atoms with Gasteiger partial charge in [-0.15, -0.1) is 0 Å². The molecule has 0 radical (unpaired) electrons. The number of rotatable bonds is 5. The molecule has 0 saturated heterocycles.